The van der Waals surface area contributed by atoms with E-state index in [4.69, 9.17) is 0 Å². The van der Waals surface area contributed by atoms with E-state index in [0.29, 0.717) is 6.54 Å². The Kier molecular flexibility index (Phi) is 8.84. The summed E-state index contributed by atoms with van der Waals surface area (Å²) in [6, 6.07) is 18.6. The van der Waals surface area contributed by atoms with Gasteiger partial charge in [-0.25, -0.2) is 9.98 Å². The molecule has 138 valence electrons. The molecule has 2 aromatic carbocycles. The lowest BCUT2D eigenvalue weighted by atomic mass is 10.2. The minimum atomic E-state index is 0. The van der Waals surface area contributed by atoms with E-state index in [-0.39, 0.29) is 24.0 Å². The molecular formula is C20H25IN4S. The molecule has 26 heavy (non-hydrogen) atoms. The second kappa shape index (κ2) is 11.1. The maximum atomic E-state index is 4.69. The van der Waals surface area contributed by atoms with E-state index in [2.05, 4.69) is 57.9 Å². The minimum Gasteiger partial charge on any atom is -0.357 e. The summed E-state index contributed by atoms with van der Waals surface area (Å²) in [5, 5.41) is 7.91. The van der Waals surface area contributed by atoms with Crippen LogP contribution in [0, 0.1) is 0 Å². The second-order valence-corrected chi connectivity index (χ2v) is 6.90. The molecule has 0 aliphatic heterocycles. The Morgan fingerprint density at radius 3 is 2.58 bits per heavy atom. The van der Waals surface area contributed by atoms with Crippen LogP contribution in [0.4, 0.5) is 0 Å². The van der Waals surface area contributed by atoms with Crippen molar-refractivity contribution in [3.63, 3.8) is 0 Å². The van der Waals surface area contributed by atoms with Gasteiger partial charge in [0.15, 0.2) is 5.96 Å². The van der Waals surface area contributed by atoms with Crippen LogP contribution in [0.15, 0.2) is 59.6 Å². The molecule has 6 heteroatoms. The van der Waals surface area contributed by atoms with Gasteiger partial charge in [-0.3, -0.25) is 0 Å². The zero-order chi connectivity index (χ0) is 17.3. The average molecular weight is 480 g/mol. The Labute approximate surface area is 176 Å². The van der Waals surface area contributed by atoms with Crippen molar-refractivity contribution in [3.8, 4) is 0 Å². The summed E-state index contributed by atoms with van der Waals surface area (Å²) in [5.41, 5.74) is 2.32. The molecule has 0 aliphatic rings. The van der Waals surface area contributed by atoms with Crippen molar-refractivity contribution in [1.82, 2.24) is 15.6 Å². The van der Waals surface area contributed by atoms with Crippen molar-refractivity contribution in [2.75, 3.05) is 13.1 Å². The number of nitrogens with one attached hydrogen (secondary N) is 2. The number of para-hydroxylation sites is 1. The zero-order valence-corrected chi connectivity index (χ0v) is 18.1. The fourth-order valence-corrected chi connectivity index (χ4v) is 3.58. The molecule has 0 bridgehead atoms. The molecule has 0 unspecified atom stereocenters. The first kappa shape index (κ1) is 20.6. The van der Waals surface area contributed by atoms with Crippen molar-refractivity contribution in [2.45, 2.75) is 26.3 Å². The lowest BCUT2D eigenvalue weighted by Crippen LogP contribution is -2.37. The average Bonchev–Trinajstić information content (AvgIpc) is 3.07. The van der Waals surface area contributed by atoms with Gasteiger partial charge in [0.2, 0.25) is 0 Å². The number of hydrogen-bond acceptors (Lipinski definition) is 3. The normalized spacial score (nSPS) is 11.2. The minimum absolute atomic E-state index is 0. The standard InChI is InChI=1S/C20H24N4S.HI/c1-2-21-20(23-15-16-9-4-3-5-10-16)22-14-8-13-19-24-17-11-6-7-12-18(17)25-19;/h3-7,9-12H,2,8,13-15H2,1H3,(H2,21,22,23);1H. The Morgan fingerprint density at radius 2 is 1.81 bits per heavy atom. The van der Waals surface area contributed by atoms with Crippen LogP contribution in [0.25, 0.3) is 10.2 Å². The summed E-state index contributed by atoms with van der Waals surface area (Å²) in [7, 11) is 0. The summed E-state index contributed by atoms with van der Waals surface area (Å²) in [5.74, 6) is 0.871. The molecular weight excluding hydrogens is 455 g/mol. The predicted molar refractivity (Wildman–Crippen MR) is 123 cm³/mol. The third-order valence-electron chi connectivity index (χ3n) is 3.80. The lowest BCUT2D eigenvalue weighted by Gasteiger charge is -2.10. The molecule has 3 aromatic rings. The van der Waals surface area contributed by atoms with Gasteiger partial charge in [0.25, 0.3) is 0 Å². The van der Waals surface area contributed by atoms with Gasteiger partial charge in [-0.1, -0.05) is 42.5 Å². The molecule has 0 amide bonds. The van der Waals surface area contributed by atoms with Crippen molar-refractivity contribution < 1.29 is 0 Å². The summed E-state index contributed by atoms with van der Waals surface area (Å²) < 4.78 is 1.27. The van der Waals surface area contributed by atoms with Crippen LogP contribution < -0.4 is 10.6 Å². The number of rotatable bonds is 7. The largest absolute Gasteiger partial charge is 0.357 e. The third kappa shape index (κ3) is 6.25. The Morgan fingerprint density at radius 1 is 1.04 bits per heavy atom. The van der Waals surface area contributed by atoms with Crippen LogP contribution in [-0.2, 0) is 13.0 Å². The van der Waals surface area contributed by atoms with E-state index in [1.807, 2.05) is 24.3 Å². The maximum absolute atomic E-state index is 4.69. The van der Waals surface area contributed by atoms with Gasteiger partial charge in [0.05, 0.1) is 21.8 Å². The highest BCUT2D eigenvalue weighted by Gasteiger charge is 2.03. The molecule has 0 radical (unpaired) electrons. The number of guanidine groups is 1. The maximum Gasteiger partial charge on any atom is 0.191 e. The number of aromatic nitrogens is 1. The molecule has 1 aromatic heterocycles. The van der Waals surface area contributed by atoms with E-state index in [0.717, 1.165) is 37.4 Å². The second-order valence-electron chi connectivity index (χ2n) is 5.79. The van der Waals surface area contributed by atoms with Crippen molar-refractivity contribution in [3.05, 3.63) is 65.2 Å². The van der Waals surface area contributed by atoms with Crippen molar-refractivity contribution >= 4 is 51.5 Å². The number of aliphatic imine (C=N–C) groups is 1. The molecule has 0 saturated carbocycles. The highest BCUT2D eigenvalue weighted by Crippen LogP contribution is 2.22. The smallest absolute Gasteiger partial charge is 0.191 e. The molecule has 2 N–H and O–H groups in total. The Hall–Kier alpha value is -1.67. The molecule has 0 spiro atoms. The Bertz CT molecular complexity index is 784. The molecule has 4 nitrogen and oxygen atoms in total. The lowest BCUT2D eigenvalue weighted by molar-refractivity contribution is 0.742. The first-order chi connectivity index (χ1) is 12.3. The SMILES string of the molecule is CCNC(=NCc1ccccc1)NCCCc1nc2ccccc2s1.I. The van der Waals surface area contributed by atoms with Gasteiger partial charge in [-0.2, -0.15) is 0 Å². The highest BCUT2D eigenvalue weighted by molar-refractivity contribution is 14.0. The first-order valence-electron chi connectivity index (χ1n) is 8.75. The van der Waals surface area contributed by atoms with Crippen LogP contribution in [0.1, 0.15) is 23.9 Å². The van der Waals surface area contributed by atoms with Gasteiger partial charge >= 0.3 is 0 Å². The van der Waals surface area contributed by atoms with Gasteiger partial charge in [-0.05, 0) is 31.0 Å². The van der Waals surface area contributed by atoms with E-state index >= 15 is 0 Å². The summed E-state index contributed by atoms with van der Waals surface area (Å²) in [4.78, 5) is 9.33. The zero-order valence-electron chi connectivity index (χ0n) is 14.9. The van der Waals surface area contributed by atoms with E-state index < -0.39 is 0 Å². The molecule has 0 saturated heterocycles. The fourth-order valence-electron chi connectivity index (χ4n) is 2.57. The van der Waals surface area contributed by atoms with Crippen LogP contribution in [0.5, 0.6) is 0 Å². The molecule has 3 rings (SSSR count). The van der Waals surface area contributed by atoms with E-state index in [1.165, 1.54) is 15.3 Å². The fraction of sp³-hybridized carbons (Fsp3) is 0.300. The monoisotopic (exact) mass is 480 g/mol. The van der Waals surface area contributed by atoms with E-state index in [1.54, 1.807) is 11.3 Å². The quantitative estimate of drug-likeness (QED) is 0.225. The van der Waals surface area contributed by atoms with Gasteiger partial charge in [-0.15, -0.1) is 35.3 Å². The molecule has 0 fully saturated rings. The van der Waals surface area contributed by atoms with Crippen LogP contribution >= 0.6 is 35.3 Å². The molecule has 0 atom stereocenters. The highest BCUT2D eigenvalue weighted by atomic mass is 127. The topological polar surface area (TPSA) is 49.3 Å². The predicted octanol–water partition coefficient (Wildman–Crippen LogP) is 4.60. The van der Waals surface area contributed by atoms with E-state index in [9.17, 15) is 0 Å². The van der Waals surface area contributed by atoms with Crippen molar-refractivity contribution in [2.24, 2.45) is 4.99 Å². The number of fused-ring (bicyclic) bond motifs is 1. The molecule has 0 aliphatic carbocycles. The number of halogens is 1. The molecule has 1 heterocycles. The van der Waals surface area contributed by atoms with Crippen molar-refractivity contribution in [1.29, 1.82) is 0 Å². The van der Waals surface area contributed by atoms with Crippen LogP contribution in [-0.4, -0.2) is 24.0 Å². The number of benzene rings is 2. The van der Waals surface area contributed by atoms with Gasteiger partial charge < -0.3 is 10.6 Å². The summed E-state index contributed by atoms with van der Waals surface area (Å²) in [6.07, 6.45) is 2.03. The number of thiazole rings is 1. The number of nitrogens with zero attached hydrogens (tertiary/aromatic N) is 2. The number of aryl methyl sites for hydroxylation is 1. The summed E-state index contributed by atoms with van der Waals surface area (Å²) in [6.45, 7) is 4.52. The van der Waals surface area contributed by atoms with Crippen LogP contribution in [0.3, 0.4) is 0 Å². The third-order valence-corrected chi connectivity index (χ3v) is 4.90. The van der Waals surface area contributed by atoms with Gasteiger partial charge in [0.1, 0.15) is 0 Å². The first-order valence-corrected chi connectivity index (χ1v) is 9.57. The van der Waals surface area contributed by atoms with Crippen LogP contribution in [0.2, 0.25) is 0 Å². The number of hydrogen-bond donors (Lipinski definition) is 2. The van der Waals surface area contributed by atoms with Gasteiger partial charge in [0, 0.05) is 19.5 Å². The summed E-state index contributed by atoms with van der Waals surface area (Å²) >= 11 is 1.79. The Balaban J connectivity index is 0.00000243.